The van der Waals surface area contributed by atoms with Crippen LogP contribution in [0, 0.1) is 34.5 Å². The fourth-order valence-corrected chi connectivity index (χ4v) is 5.18. The van der Waals surface area contributed by atoms with Crippen LogP contribution in [0.1, 0.15) is 104 Å². The predicted molar refractivity (Wildman–Crippen MR) is 94.5 cm³/mol. The number of nitrogens with zero attached hydrogens (tertiary/aromatic N) is 1. The van der Waals surface area contributed by atoms with Gasteiger partial charge in [0.15, 0.2) is 0 Å². The van der Waals surface area contributed by atoms with Crippen LogP contribution >= 0.6 is 0 Å². The molecule has 0 saturated heterocycles. The molecule has 0 heterocycles. The Morgan fingerprint density at radius 1 is 0.909 bits per heavy atom. The largest absolute Gasteiger partial charge is 0.198 e. The van der Waals surface area contributed by atoms with Gasteiger partial charge in [-0.25, -0.2) is 0 Å². The number of fused-ring (bicyclic) bond motifs is 1. The van der Waals surface area contributed by atoms with Crippen molar-refractivity contribution in [3.8, 4) is 6.07 Å². The van der Waals surface area contributed by atoms with Gasteiger partial charge in [-0.1, -0.05) is 71.6 Å². The van der Waals surface area contributed by atoms with E-state index in [0.717, 1.165) is 17.8 Å². The van der Waals surface area contributed by atoms with E-state index in [4.69, 9.17) is 0 Å². The molecule has 1 heteroatoms. The molecule has 0 aliphatic heterocycles. The molecule has 2 saturated carbocycles. The molecular weight excluding hydrogens is 266 g/mol. The summed E-state index contributed by atoms with van der Waals surface area (Å²) in [5.41, 5.74) is 0.0659. The Morgan fingerprint density at radius 2 is 1.68 bits per heavy atom. The molecule has 0 spiro atoms. The van der Waals surface area contributed by atoms with Gasteiger partial charge in [0.25, 0.3) is 0 Å². The quantitative estimate of drug-likeness (QED) is 0.449. The van der Waals surface area contributed by atoms with E-state index in [1.165, 1.54) is 89.9 Å². The summed E-state index contributed by atoms with van der Waals surface area (Å²) < 4.78 is 0. The van der Waals surface area contributed by atoms with Crippen molar-refractivity contribution < 1.29 is 0 Å². The number of rotatable bonds is 8. The average Bonchev–Trinajstić information content (AvgIpc) is 2.56. The minimum Gasteiger partial charge on any atom is -0.198 e. The third-order valence-electron chi connectivity index (χ3n) is 6.63. The van der Waals surface area contributed by atoms with Crippen LogP contribution < -0.4 is 0 Å². The Kier molecular flexibility index (Phi) is 7.26. The van der Waals surface area contributed by atoms with Crippen molar-refractivity contribution in [2.45, 2.75) is 104 Å². The van der Waals surface area contributed by atoms with Crippen molar-refractivity contribution in [2.75, 3.05) is 0 Å². The smallest absolute Gasteiger partial charge is 0.0692 e. The van der Waals surface area contributed by atoms with Gasteiger partial charge in [0.1, 0.15) is 0 Å². The zero-order chi connectivity index (χ0) is 15.8. The van der Waals surface area contributed by atoms with E-state index >= 15 is 0 Å². The monoisotopic (exact) mass is 303 g/mol. The van der Waals surface area contributed by atoms with Gasteiger partial charge in [0, 0.05) is 0 Å². The molecule has 0 radical (unpaired) electrons. The molecule has 2 aliphatic rings. The average molecular weight is 304 g/mol. The molecule has 126 valence electrons. The molecule has 2 unspecified atom stereocenters. The van der Waals surface area contributed by atoms with Crippen LogP contribution in [0.5, 0.6) is 0 Å². The highest BCUT2D eigenvalue weighted by Crippen LogP contribution is 2.54. The molecule has 0 aromatic heterocycles. The number of nitriles is 1. The zero-order valence-corrected chi connectivity index (χ0v) is 15.1. The molecule has 2 aliphatic carbocycles. The zero-order valence-electron chi connectivity index (χ0n) is 15.1. The molecular formula is C21H37N. The SMILES string of the molecule is CCCCCC[C@@H]1CC[C@@H]2CC(CCCC)CCC2(C#N)C1. The Balaban J connectivity index is 1.84. The summed E-state index contributed by atoms with van der Waals surface area (Å²) in [6, 6.07) is 2.83. The minimum absolute atomic E-state index is 0.0659. The van der Waals surface area contributed by atoms with Crippen LogP contribution in [0.15, 0.2) is 0 Å². The van der Waals surface area contributed by atoms with Crippen molar-refractivity contribution in [3.05, 3.63) is 0 Å². The van der Waals surface area contributed by atoms with Crippen molar-refractivity contribution in [2.24, 2.45) is 23.2 Å². The second-order valence-electron chi connectivity index (χ2n) is 8.24. The van der Waals surface area contributed by atoms with E-state index in [0.29, 0.717) is 0 Å². The van der Waals surface area contributed by atoms with E-state index in [-0.39, 0.29) is 5.41 Å². The summed E-state index contributed by atoms with van der Waals surface area (Å²) in [6.45, 7) is 4.58. The van der Waals surface area contributed by atoms with E-state index in [2.05, 4.69) is 19.9 Å². The van der Waals surface area contributed by atoms with E-state index in [1.807, 2.05) is 0 Å². The molecule has 0 amide bonds. The lowest BCUT2D eigenvalue weighted by Crippen LogP contribution is -2.40. The molecule has 1 nitrogen and oxygen atoms in total. The third-order valence-corrected chi connectivity index (χ3v) is 6.63. The van der Waals surface area contributed by atoms with Crippen molar-refractivity contribution in [1.82, 2.24) is 0 Å². The number of unbranched alkanes of at least 4 members (excludes halogenated alkanes) is 4. The van der Waals surface area contributed by atoms with Gasteiger partial charge >= 0.3 is 0 Å². The first kappa shape index (κ1) is 17.8. The normalized spacial score (nSPS) is 34.9. The Hall–Kier alpha value is -0.510. The fourth-order valence-electron chi connectivity index (χ4n) is 5.18. The van der Waals surface area contributed by atoms with Crippen molar-refractivity contribution >= 4 is 0 Å². The first-order valence-corrected chi connectivity index (χ1v) is 10.1. The van der Waals surface area contributed by atoms with Crippen LogP contribution in [-0.2, 0) is 0 Å². The van der Waals surface area contributed by atoms with E-state index < -0.39 is 0 Å². The van der Waals surface area contributed by atoms with Crippen molar-refractivity contribution in [1.29, 1.82) is 5.26 Å². The minimum atomic E-state index is 0.0659. The molecule has 0 N–H and O–H groups in total. The van der Waals surface area contributed by atoms with Gasteiger partial charge in [-0.2, -0.15) is 5.26 Å². The van der Waals surface area contributed by atoms with Gasteiger partial charge in [0.2, 0.25) is 0 Å². The lowest BCUT2D eigenvalue weighted by Gasteiger charge is -2.48. The Morgan fingerprint density at radius 3 is 2.41 bits per heavy atom. The second kappa shape index (κ2) is 8.95. The Bertz CT molecular complexity index is 355. The van der Waals surface area contributed by atoms with Crippen LogP contribution in [0.2, 0.25) is 0 Å². The maximum atomic E-state index is 9.92. The van der Waals surface area contributed by atoms with Crippen LogP contribution in [-0.4, -0.2) is 0 Å². The fraction of sp³-hybridized carbons (Fsp3) is 0.952. The number of hydrogen-bond acceptors (Lipinski definition) is 1. The van der Waals surface area contributed by atoms with E-state index in [9.17, 15) is 5.26 Å². The van der Waals surface area contributed by atoms with Gasteiger partial charge in [-0.15, -0.1) is 0 Å². The summed E-state index contributed by atoms with van der Waals surface area (Å²) in [5.74, 6) is 2.49. The molecule has 2 fully saturated rings. The molecule has 2 rings (SSSR count). The van der Waals surface area contributed by atoms with E-state index in [1.54, 1.807) is 0 Å². The van der Waals surface area contributed by atoms with Crippen LogP contribution in [0.4, 0.5) is 0 Å². The summed E-state index contributed by atoms with van der Waals surface area (Å²) in [7, 11) is 0. The lowest BCUT2D eigenvalue weighted by molar-refractivity contribution is 0.0367. The third kappa shape index (κ3) is 4.50. The molecule has 0 bridgehead atoms. The topological polar surface area (TPSA) is 23.8 Å². The highest BCUT2D eigenvalue weighted by atomic mass is 14.5. The standard InChI is InChI=1S/C21H37N/c1-3-5-7-8-10-19-11-12-20-15-18(9-6-4-2)13-14-21(20,16-19)17-22/h18-20H,3-16H2,1-2H3/t18?,19-,20-,21?/m1/s1. The molecule has 22 heavy (non-hydrogen) atoms. The molecule has 0 aromatic rings. The number of hydrogen-bond donors (Lipinski definition) is 0. The van der Waals surface area contributed by atoms with Gasteiger partial charge in [0.05, 0.1) is 11.5 Å². The molecule has 0 aromatic carbocycles. The first-order valence-electron chi connectivity index (χ1n) is 10.1. The second-order valence-corrected chi connectivity index (χ2v) is 8.24. The van der Waals surface area contributed by atoms with Crippen molar-refractivity contribution in [3.63, 3.8) is 0 Å². The maximum Gasteiger partial charge on any atom is 0.0692 e. The summed E-state index contributed by atoms with van der Waals surface area (Å²) in [4.78, 5) is 0. The maximum absolute atomic E-state index is 9.92. The highest BCUT2D eigenvalue weighted by Gasteiger charge is 2.47. The lowest BCUT2D eigenvalue weighted by atomic mass is 9.55. The summed E-state index contributed by atoms with van der Waals surface area (Å²) in [6.07, 6.45) is 18.9. The van der Waals surface area contributed by atoms with Crippen LogP contribution in [0.3, 0.4) is 0 Å². The summed E-state index contributed by atoms with van der Waals surface area (Å²) in [5, 5.41) is 9.92. The van der Waals surface area contributed by atoms with Crippen LogP contribution in [0.25, 0.3) is 0 Å². The summed E-state index contributed by atoms with van der Waals surface area (Å²) >= 11 is 0. The molecule has 4 atom stereocenters. The predicted octanol–water partition coefficient (Wildman–Crippen LogP) is 6.87. The van der Waals surface area contributed by atoms with Gasteiger partial charge < -0.3 is 0 Å². The van der Waals surface area contributed by atoms with Gasteiger partial charge in [-0.3, -0.25) is 0 Å². The first-order chi connectivity index (χ1) is 10.7. The van der Waals surface area contributed by atoms with Gasteiger partial charge in [-0.05, 0) is 49.9 Å². The highest BCUT2D eigenvalue weighted by molar-refractivity contribution is 5.08. The Labute approximate surface area is 138 Å².